The minimum Gasteiger partial charge on any atom is -0.309 e. The van der Waals surface area contributed by atoms with E-state index in [0.29, 0.717) is 6.04 Å². The van der Waals surface area contributed by atoms with Crippen molar-refractivity contribution in [2.45, 2.75) is 40.2 Å². The zero-order valence-corrected chi connectivity index (χ0v) is 13.1. The summed E-state index contributed by atoms with van der Waals surface area (Å²) in [5.74, 6) is 0. The number of hydrogen-bond donors (Lipinski definition) is 1. The van der Waals surface area contributed by atoms with E-state index >= 15 is 0 Å². The van der Waals surface area contributed by atoms with Gasteiger partial charge in [0.1, 0.15) is 0 Å². The molecule has 1 nitrogen and oxygen atoms in total. The Bertz CT molecular complexity index is 542. The molecule has 0 aliphatic heterocycles. The topological polar surface area (TPSA) is 12.0 Å². The van der Waals surface area contributed by atoms with Gasteiger partial charge in [-0.05, 0) is 57.0 Å². The first-order valence-electron chi connectivity index (χ1n) is 7.02. The average Bonchev–Trinajstić information content (AvgIpc) is 2.85. The van der Waals surface area contributed by atoms with Crippen LogP contribution in [-0.2, 0) is 0 Å². The van der Waals surface area contributed by atoms with Crippen LogP contribution in [0.5, 0.6) is 0 Å². The zero-order chi connectivity index (χ0) is 13.8. The molecule has 0 saturated carbocycles. The van der Waals surface area contributed by atoms with Gasteiger partial charge in [0.25, 0.3) is 0 Å². The van der Waals surface area contributed by atoms with E-state index in [0.717, 1.165) is 6.54 Å². The fourth-order valence-electron chi connectivity index (χ4n) is 2.28. The van der Waals surface area contributed by atoms with Crippen LogP contribution in [-0.4, -0.2) is 6.54 Å². The van der Waals surface area contributed by atoms with Crippen LogP contribution >= 0.6 is 11.3 Å². The van der Waals surface area contributed by atoms with Crippen molar-refractivity contribution in [2.24, 2.45) is 0 Å². The van der Waals surface area contributed by atoms with Gasteiger partial charge in [-0.1, -0.05) is 30.7 Å². The van der Waals surface area contributed by atoms with Crippen LogP contribution in [0.3, 0.4) is 0 Å². The minimum absolute atomic E-state index is 0.449. The summed E-state index contributed by atoms with van der Waals surface area (Å²) in [6.07, 6.45) is 1.18. The summed E-state index contributed by atoms with van der Waals surface area (Å²) in [7, 11) is 0. The Hall–Kier alpha value is -1.12. The number of nitrogens with one attached hydrogen (secondary N) is 1. The van der Waals surface area contributed by atoms with Gasteiger partial charge in [-0.2, -0.15) is 0 Å². The Morgan fingerprint density at radius 1 is 1.16 bits per heavy atom. The van der Waals surface area contributed by atoms with Crippen LogP contribution in [0.25, 0.3) is 10.4 Å². The average molecular weight is 273 g/mol. The molecule has 0 aliphatic carbocycles. The molecular weight excluding hydrogens is 250 g/mol. The number of thiophene rings is 1. The van der Waals surface area contributed by atoms with Gasteiger partial charge >= 0.3 is 0 Å². The van der Waals surface area contributed by atoms with Gasteiger partial charge in [0.15, 0.2) is 0 Å². The molecule has 0 spiro atoms. The molecule has 1 N–H and O–H groups in total. The van der Waals surface area contributed by atoms with Crippen molar-refractivity contribution < 1.29 is 0 Å². The molecule has 0 aliphatic rings. The van der Waals surface area contributed by atoms with E-state index in [1.165, 1.54) is 32.9 Å². The predicted octanol–water partition coefficient (Wildman–Crippen LogP) is 5.09. The highest BCUT2D eigenvalue weighted by Crippen LogP contribution is 2.33. The molecule has 0 amide bonds. The molecule has 0 fully saturated rings. The van der Waals surface area contributed by atoms with Crippen LogP contribution < -0.4 is 5.32 Å². The van der Waals surface area contributed by atoms with Crippen LogP contribution in [0.1, 0.15) is 42.3 Å². The van der Waals surface area contributed by atoms with Crippen molar-refractivity contribution in [3.63, 3.8) is 0 Å². The number of hydrogen-bond acceptors (Lipinski definition) is 2. The molecule has 2 rings (SSSR count). The quantitative estimate of drug-likeness (QED) is 0.800. The summed E-state index contributed by atoms with van der Waals surface area (Å²) in [4.78, 5) is 2.79. The first kappa shape index (κ1) is 14.3. The number of rotatable bonds is 5. The standard InChI is InChI=1S/C17H23NS/c1-5-10-18-14(4)16-8-9-17(19-16)15-7-6-12(2)11-13(15)3/h6-9,11,14,18H,5,10H2,1-4H3. The minimum atomic E-state index is 0.449. The lowest BCUT2D eigenvalue weighted by molar-refractivity contribution is 0.578. The van der Waals surface area contributed by atoms with Crippen LogP contribution in [0, 0.1) is 13.8 Å². The van der Waals surface area contributed by atoms with E-state index in [-0.39, 0.29) is 0 Å². The van der Waals surface area contributed by atoms with Crippen molar-refractivity contribution in [2.75, 3.05) is 6.54 Å². The number of aryl methyl sites for hydroxylation is 2. The van der Waals surface area contributed by atoms with E-state index in [4.69, 9.17) is 0 Å². The third kappa shape index (κ3) is 3.46. The van der Waals surface area contributed by atoms with E-state index in [1.807, 2.05) is 11.3 Å². The zero-order valence-electron chi connectivity index (χ0n) is 12.3. The Balaban J connectivity index is 2.20. The van der Waals surface area contributed by atoms with Gasteiger partial charge < -0.3 is 5.32 Å². The maximum absolute atomic E-state index is 3.55. The van der Waals surface area contributed by atoms with E-state index in [1.54, 1.807) is 0 Å². The molecule has 1 aromatic carbocycles. The van der Waals surface area contributed by atoms with E-state index in [2.05, 4.69) is 63.3 Å². The summed E-state index contributed by atoms with van der Waals surface area (Å²) in [5, 5.41) is 3.55. The summed E-state index contributed by atoms with van der Waals surface area (Å²) in [5.41, 5.74) is 4.06. The van der Waals surface area contributed by atoms with E-state index < -0.39 is 0 Å². The molecule has 1 heterocycles. The molecule has 1 atom stereocenters. The molecule has 0 saturated heterocycles. The fourth-order valence-corrected chi connectivity index (χ4v) is 3.41. The molecule has 2 heteroatoms. The SMILES string of the molecule is CCCNC(C)c1ccc(-c2ccc(C)cc2C)s1. The first-order valence-corrected chi connectivity index (χ1v) is 7.84. The van der Waals surface area contributed by atoms with Crippen molar-refractivity contribution in [1.82, 2.24) is 5.32 Å². The van der Waals surface area contributed by atoms with Crippen LogP contribution in [0.2, 0.25) is 0 Å². The monoisotopic (exact) mass is 273 g/mol. The maximum atomic E-state index is 3.55. The third-order valence-corrected chi connectivity index (χ3v) is 4.70. The lowest BCUT2D eigenvalue weighted by atomic mass is 10.0. The molecule has 19 heavy (non-hydrogen) atoms. The molecule has 0 bridgehead atoms. The molecule has 1 unspecified atom stereocenters. The maximum Gasteiger partial charge on any atom is 0.0386 e. The van der Waals surface area contributed by atoms with E-state index in [9.17, 15) is 0 Å². The second-order valence-electron chi connectivity index (χ2n) is 5.20. The second kappa shape index (κ2) is 6.36. The molecule has 102 valence electrons. The lowest BCUT2D eigenvalue weighted by Crippen LogP contribution is -2.18. The van der Waals surface area contributed by atoms with Crippen LogP contribution in [0.4, 0.5) is 0 Å². The largest absolute Gasteiger partial charge is 0.309 e. The molecular formula is C17H23NS. The van der Waals surface area contributed by atoms with Gasteiger partial charge in [0.2, 0.25) is 0 Å². The summed E-state index contributed by atoms with van der Waals surface area (Å²) in [6.45, 7) is 9.87. The smallest absolute Gasteiger partial charge is 0.0386 e. The third-order valence-electron chi connectivity index (χ3n) is 3.40. The normalized spacial score (nSPS) is 12.6. The van der Waals surface area contributed by atoms with Gasteiger partial charge in [0, 0.05) is 15.8 Å². The molecule has 2 aromatic rings. The summed E-state index contributed by atoms with van der Waals surface area (Å²) >= 11 is 1.90. The Kier molecular flexibility index (Phi) is 4.78. The Morgan fingerprint density at radius 3 is 2.63 bits per heavy atom. The fraction of sp³-hybridized carbons (Fsp3) is 0.412. The van der Waals surface area contributed by atoms with Crippen molar-refractivity contribution in [1.29, 1.82) is 0 Å². The Labute approximate surface area is 120 Å². The second-order valence-corrected chi connectivity index (χ2v) is 6.31. The van der Waals surface area contributed by atoms with Gasteiger partial charge in [-0.15, -0.1) is 11.3 Å². The first-order chi connectivity index (χ1) is 9.11. The summed E-state index contributed by atoms with van der Waals surface area (Å²) in [6, 6.07) is 11.6. The highest BCUT2D eigenvalue weighted by molar-refractivity contribution is 7.15. The Morgan fingerprint density at radius 2 is 1.95 bits per heavy atom. The van der Waals surface area contributed by atoms with Gasteiger partial charge in [-0.3, -0.25) is 0 Å². The molecule has 1 aromatic heterocycles. The summed E-state index contributed by atoms with van der Waals surface area (Å²) < 4.78 is 0. The van der Waals surface area contributed by atoms with Crippen molar-refractivity contribution in [3.05, 3.63) is 46.3 Å². The predicted molar refractivity (Wildman–Crippen MR) is 85.9 cm³/mol. The lowest BCUT2D eigenvalue weighted by Gasteiger charge is -2.10. The van der Waals surface area contributed by atoms with Crippen LogP contribution in [0.15, 0.2) is 30.3 Å². The van der Waals surface area contributed by atoms with Gasteiger partial charge in [0.05, 0.1) is 0 Å². The van der Waals surface area contributed by atoms with Crippen molar-refractivity contribution >= 4 is 11.3 Å². The highest BCUT2D eigenvalue weighted by Gasteiger charge is 2.10. The highest BCUT2D eigenvalue weighted by atomic mass is 32.1. The van der Waals surface area contributed by atoms with Gasteiger partial charge in [-0.25, -0.2) is 0 Å². The number of benzene rings is 1. The molecule has 0 radical (unpaired) electrons. The van der Waals surface area contributed by atoms with Crippen molar-refractivity contribution in [3.8, 4) is 10.4 Å².